The van der Waals surface area contributed by atoms with Gasteiger partial charge < -0.3 is 0 Å². The van der Waals surface area contributed by atoms with E-state index in [0.29, 0.717) is 0 Å². The molecule has 0 fully saturated rings. The molecule has 0 aliphatic carbocycles. The fraction of sp³-hybridized carbons (Fsp3) is 0.429. The molecule has 1 aromatic rings. The highest BCUT2D eigenvalue weighted by Gasteiger charge is 2.10. The second-order valence-electron chi connectivity index (χ2n) is 1.99. The van der Waals surface area contributed by atoms with Crippen molar-refractivity contribution in [2.45, 2.75) is 13.8 Å². The van der Waals surface area contributed by atoms with Gasteiger partial charge in [0.15, 0.2) is 0 Å². The van der Waals surface area contributed by atoms with Crippen molar-refractivity contribution < 1.29 is 4.79 Å². The standard InChI is InChI=1S/C7H9NOS2/c1-3-10-7(9)6-5(2)8-4-11-6/h4H,3H2,1-2H3. The minimum atomic E-state index is 0.146. The summed E-state index contributed by atoms with van der Waals surface area (Å²) in [5.74, 6) is 0.830. The largest absolute Gasteiger partial charge is 0.281 e. The minimum Gasteiger partial charge on any atom is -0.281 e. The Bertz CT molecular complexity index is 257. The van der Waals surface area contributed by atoms with Gasteiger partial charge in [0, 0.05) is 0 Å². The lowest BCUT2D eigenvalue weighted by molar-refractivity contribution is 0.109. The van der Waals surface area contributed by atoms with Crippen LogP contribution in [0.4, 0.5) is 0 Å². The maximum atomic E-state index is 11.3. The summed E-state index contributed by atoms with van der Waals surface area (Å²) in [5, 5.41) is 0.146. The molecule has 0 saturated heterocycles. The molecule has 1 heterocycles. The number of hydrogen-bond donors (Lipinski definition) is 0. The van der Waals surface area contributed by atoms with Crippen LogP contribution >= 0.6 is 23.1 Å². The third kappa shape index (κ3) is 2.04. The lowest BCUT2D eigenvalue weighted by Crippen LogP contribution is -1.92. The zero-order valence-electron chi connectivity index (χ0n) is 6.46. The van der Waals surface area contributed by atoms with Crippen LogP contribution < -0.4 is 0 Å². The maximum Gasteiger partial charge on any atom is 0.231 e. The summed E-state index contributed by atoms with van der Waals surface area (Å²) in [6, 6.07) is 0. The molecule has 0 aliphatic rings. The van der Waals surface area contributed by atoms with E-state index in [9.17, 15) is 4.79 Å². The molecule has 1 rings (SSSR count). The molecule has 0 atom stereocenters. The van der Waals surface area contributed by atoms with E-state index in [1.165, 1.54) is 23.1 Å². The summed E-state index contributed by atoms with van der Waals surface area (Å²) in [6.07, 6.45) is 0. The fourth-order valence-electron chi connectivity index (χ4n) is 0.694. The molecule has 0 aromatic carbocycles. The number of hydrogen-bond acceptors (Lipinski definition) is 4. The summed E-state index contributed by atoms with van der Waals surface area (Å²) >= 11 is 2.75. The number of carbonyl (C=O) groups is 1. The van der Waals surface area contributed by atoms with Gasteiger partial charge in [-0.25, -0.2) is 4.98 Å². The van der Waals surface area contributed by atoms with Gasteiger partial charge in [0.2, 0.25) is 5.12 Å². The zero-order chi connectivity index (χ0) is 8.27. The molecule has 11 heavy (non-hydrogen) atoms. The lowest BCUT2D eigenvalue weighted by atomic mass is 10.4. The Kier molecular flexibility index (Phi) is 3.08. The summed E-state index contributed by atoms with van der Waals surface area (Å²) in [7, 11) is 0. The molecular weight excluding hydrogens is 178 g/mol. The Balaban J connectivity index is 2.76. The lowest BCUT2D eigenvalue weighted by Gasteiger charge is -1.93. The van der Waals surface area contributed by atoms with Gasteiger partial charge in [0.1, 0.15) is 4.88 Å². The summed E-state index contributed by atoms with van der Waals surface area (Å²) in [4.78, 5) is 16.1. The number of thioether (sulfide) groups is 1. The first-order valence-corrected chi connectivity index (χ1v) is 5.19. The Morgan fingerprint density at radius 1 is 1.82 bits per heavy atom. The Morgan fingerprint density at radius 3 is 3.00 bits per heavy atom. The number of aromatic nitrogens is 1. The van der Waals surface area contributed by atoms with Gasteiger partial charge in [-0.05, 0) is 12.7 Å². The highest BCUT2D eigenvalue weighted by Crippen LogP contribution is 2.18. The van der Waals surface area contributed by atoms with Gasteiger partial charge in [-0.1, -0.05) is 18.7 Å². The van der Waals surface area contributed by atoms with Crippen molar-refractivity contribution >= 4 is 28.2 Å². The quantitative estimate of drug-likeness (QED) is 0.712. The molecule has 0 saturated carbocycles. The second kappa shape index (κ2) is 3.88. The predicted molar refractivity (Wildman–Crippen MR) is 49.3 cm³/mol. The molecule has 0 aliphatic heterocycles. The number of rotatable bonds is 2. The number of nitrogens with zero attached hydrogens (tertiary/aromatic N) is 1. The van der Waals surface area contributed by atoms with E-state index < -0.39 is 0 Å². The van der Waals surface area contributed by atoms with E-state index in [2.05, 4.69) is 4.98 Å². The van der Waals surface area contributed by atoms with Crippen molar-refractivity contribution in [1.82, 2.24) is 4.98 Å². The van der Waals surface area contributed by atoms with Crippen LogP contribution in [0.5, 0.6) is 0 Å². The van der Waals surface area contributed by atoms with Crippen LogP contribution in [0.2, 0.25) is 0 Å². The van der Waals surface area contributed by atoms with Gasteiger partial charge in [0.05, 0.1) is 11.2 Å². The predicted octanol–water partition coefficient (Wildman–Crippen LogP) is 2.34. The molecule has 4 heteroatoms. The van der Waals surface area contributed by atoms with E-state index >= 15 is 0 Å². The SMILES string of the molecule is CCSC(=O)c1scnc1C. The molecule has 0 radical (unpaired) electrons. The zero-order valence-corrected chi connectivity index (χ0v) is 8.09. The van der Waals surface area contributed by atoms with Crippen LogP contribution in [0.25, 0.3) is 0 Å². The Hall–Kier alpha value is -0.350. The van der Waals surface area contributed by atoms with Crippen molar-refractivity contribution in [1.29, 1.82) is 0 Å². The molecule has 2 nitrogen and oxygen atoms in total. The number of carbonyl (C=O) groups excluding carboxylic acids is 1. The van der Waals surface area contributed by atoms with E-state index in [1.807, 2.05) is 13.8 Å². The van der Waals surface area contributed by atoms with Gasteiger partial charge in [-0.15, -0.1) is 11.3 Å². The Labute approximate surface area is 74.0 Å². The monoisotopic (exact) mass is 187 g/mol. The van der Waals surface area contributed by atoms with E-state index in [1.54, 1.807) is 5.51 Å². The molecule has 1 aromatic heterocycles. The van der Waals surface area contributed by atoms with Crippen molar-refractivity contribution in [3.8, 4) is 0 Å². The summed E-state index contributed by atoms with van der Waals surface area (Å²) < 4.78 is 0. The first-order valence-electron chi connectivity index (χ1n) is 3.33. The van der Waals surface area contributed by atoms with Crippen LogP contribution in [0.3, 0.4) is 0 Å². The average Bonchev–Trinajstić information content (AvgIpc) is 2.36. The van der Waals surface area contributed by atoms with E-state index in [-0.39, 0.29) is 5.12 Å². The molecule has 0 amide bonds. The molecule has 60 valence electrons. The average molecular weight is 187 g/mol. The third-order valence-electron chi connectivity index (χ3n) is 1.21. The molecular formula is C7H9NOS2. The van der Waals surface area contributed by atoms with Crippen molar-refractivity contribution in [2.75, 3.05) is 5.75 Å². The van der Waals surface area contributed by atoms with Crippen LogP contribution in [-0.2, 0) is 0 Å². The highest BCUT2D eigenvalue weighted by molar-refractivity contribution is 8.14. The minimum absolute atomic E-state index is 0.146. The first-order chi connectivity index (χ1) is 5.25. The van der Waals surface area contributed by atoms with Crippen molar-refractivity contribution in [3.63, 3.8) is 0 Å². The highest BCUT2D eigenvalue weighted by atomic mass is 32.2. The van der Waals surface area contributed by atoms with Crippen molar-refractivity contribution in [2.24, 2.45) is 0 Å². The van der Waals surface area contributed by atoms with Crippen LogP contribution in [0, 0.1) is 6.92 Å². The molecule has 0 bridgehead atoms. The van der Waals surface area contributed by atoms with Gasteiger partial charge in [-0.2, -0.15) is 0 Å². The smallest absolute Gasteiger partial charge is 0.231 e. The van der Waals surface area contributed by atoms with Gasteiger partial charge in [-0.3, -0.25) is 4.79 Å². The Morgan fingerprint density at radius 2 is 2.55 bits per heavy atom. The van der Waals surface area contributed by atoms with Crippen LogP contribution in [0.1, 0.15) is 22.3 Å². The third-order valence-corrected chi connectivity index (χ3v) is 3.02. The normalized spacial score (nSPS) is 10.0. The summed E-state index contributed by atoms with van der Waals surface area (Å²) in [5.41, 5.74) is 2.56. The van der Waals surface area contributed by atoms with Crippen LogP contribution in [0.15, 0.2) is 5.51 Å². The van der Waals surface area contributed by atoms with E-state index in [4.69, 9.17) is 0 Å². The molecule has 0 N–H and O–H groups in total. The van der Waals surface area contributed by atoms with Crippen molar-refractivity contribution in [3.05, 3.63) is 16.1 Å². The maximum absolute atomic E-state index is 11.3. The number of thiazole rings is 1. The second-order valence-corrected chi connectivity index (χ2v) is 4.08. The van der Waals surface area contributed by atoms with Gasteiger partial charge >= 0.3 is 0 Å². The van der Waals surface area contributed by atoms with Crippen LogP contribution in [-0.4, -0.2) is 15.9 Å². The van der Waals surface area contributed by atoms with E-state index in [0.717, 1.165) is 16.3 Å². The molecule has 0 unspecified atom stereocenters. The number of aryl methyl sites for hydroxylation is 1. The summed E-state index contributed by atoms with van der Waals surface area (Å²) in [6.45, 7) is 3.83. The molecule has 0 spiro atoms. The fourth-order valence-corrected chi connectivity index (χ4v) is 2.19. The topological polar surface area (TPSA) is 30.0 Å². The first kappa shape index (κ1) is 8.74. The van der Waals surface area contributed by atoms with Gasteiger partial charge in [0.25, 0.3) is 0 Å².